The molecule has 0 saturated carbocycles. The van der Waals surface area contributed by atoms with Crippen LogP contribution in [0.2, 0.25) is 5.02 Å². The van der Waals surface area contributed by atoms with E-state index in [4.69, 9.17) is 16.3 Å². The van der Waals surface area contributed by atoms with Gasteiger partial charge in [0, 0.05) is 11.8 Å². The average Bonchev–Trinajstić information content (AvgIpc) is 2.66. The largest absolute Gasteiger partial charge is 0.466 e. The van der Waals surface area contributed by atoms with Crippen molar-refractivity contribution in [2.75, 3.05) is 19.5 Å². The highest BCUT2D eigenvalue weighted by atomic mass is 35.5. The number of carbonyl (C=O) groups is 2. The molecule has 142 valence electrons. The first-order valence-corrected chi connectivity index (χ1v) is 7.80. The van der Waals surface area contributed by atoms with E-state index < -0.39 is 23.6 Å². The van der Waals surface area contributed by atoms with Gasteiger partial charge in [-0.15, -0.1) is 0 Å². The van der Waals surface area contributed by atoms with E-state index in [0.717, 1.165) is 26.4 Å². The van der Waals surface area contributed by atoms with Crippen molar-refractivity contribution >= 4 is 29.2 Å². The number of methoxy groups -OCH3 is 2. The van der Waals surface area contributed by atoms with Crippen molar-refractivity contribution in [3.05, 3.63) is 64.8 Å². The molecule has 0 radical (unpaired) electrons. The van der Waals surface area contributed by atoms with E-state index in [2.05, 4.69) is 14.8 Å². The van der Waals surface area contributed by atoms with Crippen LogP contribution in [0.25, 0.3) is 0 Å². The van der Waals surface area contributed by atoms with Crippen LogP contribution in [0.15, 0.2) is 48.2 Å². The van der Waals surface area contributed by atoms with Crippen molar-refractivity contribution in [1.29, 1.82) is 0 Å². The number of benzene rings is 2. The van der Waals surface area contributed by atoms with Gasteiger partial charge in [-0.25, -0.2) is 18.4 Å². The predicted molar refractivity (Wildman–Crippen MR) is 93.6 cm³/mol. The number of rotatable bonds is 6. The zero-order chi connectivity index (χ0) is 20.0. The summed E-state index contributed by atoms with van der Waals surface area (Å²) in [4.78, 5) is 23.0. The number of esters is 2. The van der Waals surface area contributed by atoms with Gasteiger partial charge in [-0.2, -0.15) is 0 Å². The van der Waals surface area contributed by atoms with E-state index in [9.17, 15) is 18.4 Å². The molecule has 0 bridgehead atoms. The van der Waals surface area contributed by atoms with Crippen molar-refractivity contribution in [2.24, 2.45) is 0 Å². The maximum absolute atomic E-state index is 14.3. The van der Waals surface area contributed by atoms with Crippen molar-refractivity contribution in [3.63, 3.8) is 0 Å². The van der Waals surface area contributed by atoms with Crippen molar-refractivity contribution in [2.45, 2.75) is 0 Å². The van der Waals surface area contributed by atoms with E-state index in [1.165, 1.54) is 30.3 Å². The second kappa shape index (κ2) is 9.00. The molecule has 9 heteroatoms. The summed E-state index contributed by atoms with van der Waals surface area (Å²) in [6.07, 6.45) is 0.857. The highest BCUT2D eigenvalue weighted by Gasteiger charge is 2.15. The Hall–Kier alpha value is -3.13. The molecule has 0 heterocycles. The van der Waals surface area contributed by atoms with Gasteiger partial charge in [0.2, 0.25) is 0 Å². The molecule has 0 spiro atoms. The third-order valence-corrected chi connectivity index (χ3v) is 3.51. The Kier molecular flexibility index (Phi) is 6.73. The lowest BCUT2D eigenvalue weighted by Crippen LogP contribution is -2.15. The van der Waals surface area contributed by atoms with Crippen LogP contribution in [0, 0.1) is 11.6 Å². The maximum Gasteiger partial charge on any atom is 0.354 e. The van der Waals surface area contributed by atoms with Crippen molar-refractivity contribution in [3.8, 4) is 11.5 Å². The van der Waals surface area contributed by atoms with Crippen molar-refractivity contribution < 1.29 is 32.6 Å². The fourth-order valence-electron chi connectivity index (χ4n) is 1.93. The highest BCUT2D eigenvalue weighted by molar-refractivity contribution is 6.30. The average molecular weight is 398 g/mol. The molecule has 0 saturated heterocycles. The molecule has 27 heavy (non-hydrogen) atoms. The summed E-state index contributed by atoms with van der Waals surface area (Å²) in [5.74, 6) is -3.85. The Morgan fingerprint density at radius 1 is 1.07 bits per heavy atom. The van der Waals surface area contributed by atoms with Crippen LogP contribution < -0.4 is 10.1 Å². The van der Waals surface area contributed by atoms with E-state index >= 15 is 0 Å². The summed E-state index contributed by atoms with van der Waals surface area (Å²) in [5, 5.41) is 2.38. The van der Waals surface area contributed by atoms with Gasteiger partial charge in [-0.05, 0) is 24.3 Å². The van der Waals surface area contributed by atoms with Gasteiger partial charge < -0.3 is 19.5 Å². The Bertz CT molecular complexity index is 901. The number of nitrogens with one attached hydrogen (secondary N) is 1. The minimum absolute atomic E-state index is 0.118. The van der Waals surface area contributed by atoms with Gasteiger partial charge in [-0.1, -0.05) is 17.7 Å². The van der Waals surface area contributed by atoms with E-state index in [1.54, 1.807) is 0 Å². The van der Waals surface area contributed by atoms with Crippen LogP contribution >= 0.6 is 11.6 Å². The topological polar surface area (TPSA) is 73.9 Å². The summed E-state index contributed by atoms with van der Waals surface area (Å²) < 4.78 is 42.3. The molecule has 0 unspecified atom stereocenters. The van der Waals surface area contributed by atoms with Gasteiger partial charge in [0.1, 0.15) is 5.70 Å². The molecule has 6 nitrogen and oxygen atoms in total. The molecule has 0 aliphatic rings. The Balaban J connectivity index is 2.25. The summed E-state index contributed by atoms with van der Waals surface area (Å²) in [7, 11) is 2.25. The van der Waals surface area contributed by atoms with Crippen LogP contribution in [0.5, 0.6) is 11.5 Å². The van der Waals surface area contributed by atoms with Crippen LogP contribution in [-0.4, -0.2) is 26.2 Å². The number of carbonyl (C=O) groups excluding carboxylic acids is 2. The molecule has 1 N–H and O–H groups in total. The van der Waals surface area contributed by atoms with Crippen LogP contribution in [0.4, 0.5) is 14.5 Å². The fraction of sp³-hybridized carbons (Fsp3) is 0.111. The molecule has 2 rings (SSSR count). The third-order valence-electron chi connectivity index (χ3n) is 3.22. The normalized spacial score (nSPS) is 10.9. The maximum atomic E-state index is 14.3. The number of hydrogen-bond acceptors (Lipinski definition) is 6. The summed E-state index contributed by atoms with van der Waals surface area (Å²) in [6.45, 7) is 0. The molecule has 0 aliphatic heterocycles. The summed E-state index contributed by atoms with van der Waals surface area (Å²) >= 11 is 5.65. The first-order valence-electron chi connectivity index (χ1n) is 7.42. The lowest BCUT2D eigenvalue weighted by Gasteiger charge is -2.12. The monoisotopic (exact) mass is 397 g/mol. The third kappa shape index (κ3) is 5.18. The minimum atomic E-state index is -0.859. The van der Waals surface area contributed by atoms with E-state index in [-0.39, 0.29) is 27.9 Å². The first kappa shape index (κ1) is 20.2. The number of ether oxygens (including phenoxy) is 3. The number of anilines is 1. The standard InChI is InChI=1S/C18H14ClF2NO5/c1-25-16(23)9-13(18(24)26-2)22-10-6-7-14(12(20)8-10)27-15-5-3-4-11(19)17(15)21/h3-9,22H,1-2H3/b13-9+. The molecule has 2 aromatic rings. The van der Waals surface area contributed by atoms with Gasteiger partial charge in [0.05, 0.1) is 25.3 Å². The quantitative estimate of drug-likeness (QED) is 0.585. The lowest BCUT2D eigenvalue weighted by atomic mass is 10.2. The highest BCUT2D eigenvalue weighted by Crippen LogP contribution is 2.31. The summed E-state index contributed by atoms with van der Waals surface area (Å²) in [5.41, 5.74) is -0.148. The Morgan fingerprint density at radius 3 is 2.44 bits per heavy atom. The van der Waals surface area contributed by atoms with Gasteiger partial charge in [-0.3, -0.25) is 0 Å². The second-order valence-electron chi connectivity index (χ2n) is 5.00. The van der Waals surface area contributed by atoms with Gasteiger partial charge in [0.15, 0.2) is 23.1 Å². The predicted octanol–water partition coefficient (Wildman–Crippen LogP) is 4.05. The second-order valence-corrected chi connectivity index (χ2v) is 5.40. The minimum Gasteiger partial charge on any atom is -0.466 e. The summed E-state index contributed by atoms with van der Waals surface area (Å²) in [6, 6.07) is 7.64. The molecule has 2 aromatic carbocycles. The zero-order valence-corrected chi connectivity index (χ0v) is 15.0. The van der Waals surface area contributed by atoms with Gasteiger partial charge >= 0.3 is 11.9 Å². The number of hydrogen-bond donors (Lipinski definition) is 1. The smallest absolute Gasteiger partial charge is 0.354 e. The SMILES string of the molecule is COC(=O)/C=C(/Nc1ccc(Oc2cccc(Cl)c2F)c(F)c1)C(=O)OC. The van der Waals surface area contributed by atoms with Crippen LogP contribution in [0.3, 0.4) is 0 Å². The molecule has 0 amide bonds. The molecule has 0 fully saturated rings. The van der Waals surface area contributed by atoms with Gasteiger partial charge in [0.25, 0.3) is 0 Å². The fourth-order valence-corrected chi connectivity index (χ4v) is 2.10. The molecule has 0 aromatic heterocycles. The van der Waals surface area contributed by atoms with Crippen LogP contribution in [-0.2, 0) is 19.1 Å². The van der Waals surface area contributed by atoms with Crippen LogP contribution in [0.1, 0.15) is 0 Å². The molecular formula is C18H14ClF2NO5. The molecule has 0 aliphatic carbocycles. The van der Waals surface area contributed by atoms with E-state index in [0.29, 0.717) is 0 Å². The Morgan fingerprint density at radius 2 is 1.81 bits per heavy atom. The Labute approximate surface area is 158 Å². The zero-order valence-electron chi connectivity index (χ0n) is 14.2. The number of halogens is 3. The van der Waals surface area contributed by atoms with E-state index in [1.807, 2.05) is 0 Å². The van der Waals surface area contributed by atoms with Crippen molar-refractivity contribution in [1.82, 2.24) is 0 Å². The molecular weight excluding hydrogens is 384 g/mol. The molecule has 0 atom stereocenters. The first-order chi connectivity index (χ1) is 12.8. The lowest BCUT2D eigenvalue weighted by molar-refractivity contribution is -0.138.